The SMILES string of the molecule is CCC(CC(=O)O)NC(=O)CCc1ccccc1Cl. The number of nitrogens with one attached hydrogen (secondary N) is 1. The number of amides is 1. The van der Waals surface area contributed by atoms with Gasteiger partial charge in [0.2, 0.25) is 5.91 Å². The minimum absolute atomic E-state index is 0.0473. The smallest absolute Gasteiger partial charge is 0.305 e. The number of hydrogen-bond acceptors (Lipinski definition) is 2. The van der Waals surface area contributed by atoms with Crippen molar-refractivity contribution in [2.24, 2.45) is 0 Å². The monoisotopic (exact) mass is 283 g/mol. The standard InChI is InChI=1S/C14H18ClNO3/c1-2-11(9-14(18)19)16-13(17)8-7-10-5-3-4-6-12(10)15/h3-6,11H,2,7-9H2,1H3,(H,16,17)(H,18,19). The van der Waals surface area contributed by atoms with Crippen molar-refractivity contribution in [3.05, 3.63) is 34.9 Å². The normalized spacial score (nSPS) is 11.9. The van der Waals surface area contributed by atoms with Gasteiger partial charge >= 0.3 is 5.97 Å². The molecule has 0 radical (unpaired) electrons. The van der Waals surface area contributed by atoms with E-state index in [0.717, 1.165) is 5.56 Å². The Balaban J connectivity index is 2.43. The summed E-state index contributed by atoms with van der Waals surface area (Å²) in [5.74, 6) is -1.05. The van der Waals surface area contributed by atoms with Crippen LogP contribution in [-0.4, -0.2) is 23.0 Å². The van der Waals surface area contributed by atoms with Crippen molar-refractivity contribution in [3.63, 3.8) is 0 Å². The molecule has 0 spiro atoms. The van der Waals surface area contributed by atoms with Gasteiger partial charge in [0.1, 0.15) is 0 Å². The Morgan fingerprint density at radius 3 is 2.63 bits per heavy atom. The third-order valence-corrected chi connectivity index (χ3v) is 3.23. The summed E-state index contributed by atoms with van der Waals surface area (Å²) in [6.07, 6.45) is 1.41. The number of benzene rings is 1. The second-order valence-electron chi connectivity index (χ2n) is 4.36. The minimum atomic E-state index is -0.904. The van der Waals surface area contributed by atoms with Gasteiger partial charge in [-0.25, -0.2) is 0 Å². The van der Waals surface area contributed by atoms with Gasteiger partial charge in [-0.15, -0.1) is 0 Å². The Labute approximate surface area is 117 Å². The fourth-order valence-electron chi connectivity index (χ4n) is 1.76. The summed E-state index contributed by atoms with van der Waals surface area (Å²) in [5, 5.41) is 12.1. The summed E-state index contributed by atoms with van der Waals surface area (Å²) < 4.78 is 0. The Morgan fingerprint density at radius 2 is 2.05 bits per heavy atom. The van der Waals surface area contributed by atoms with Gasteiger partial charge in [0.25, 0.3) is 0 Å². The highest BCUT2D eigenvalue weighted by molar-refractivity contribution is 6.31. The number of rotatable bonds is 7. The molecule has 1 aromatic rings. The highest BCUT2D eigenvalue weighted by atomic mass is 35.5. The van der Waals surface area contributed by atoms with Gasteiger partial charge < -0.3 is 10.4 Å². The number of aliphatic carboxylic acids is 1. The van der Waals surface area contributed by atoms with Crippen molar-refractivity contribution in [2.75, 3.05) is 0 Å². The quantitative estimate of drug-likeness (QED) is 0.808. The van der Waals surface area contributed by atoms with Gasteiger partial charge in [-0.05, 0) is 24.5 Å². The van der Waals surface area contributed by atoms with E-state index in [1.165, 1.54) is 0 Å². The van der Waals surface area contributed by atoms with Crippen molar-refractivity contribution in [3.8, 4) is 0 Å². The predicted octanol–water partition coefficient (Wildman–Crippen LogP) is 2.64. The Morgan fingerprint density at radius 1 is 1.37 bits per heavy atom. The van der Waals surface area contributed by atoms with Gasteiger partial charge in [-0.2, -0.15) is 0 Å². The van der Waals surface area contributed by atoms with Gasteiger partial charge in [-0.1, -0.05) is 36.7 Å². The van der Waals surface area contributed by atoms with Crippen molar-refractivity contribution >= 4 is 23.5 Å². The average molecular weight is 284 g/mol. The molecule has 0 aromatic heterocycles. The third kappa shape index (κ3) is 5.75. The maximum absolute atomic E-state index is 11.7. The summed E-state index contributed by atoms with van der Waals surface area (Å²) >= 11 is 6.00. The lowest BCUT2D eigenvalue weighted by molar-refractivity contribution is -0.137. The van der Waals surface area contributed by atoms with Crippen LogP contribution in [-0.2, 0) is 16.0 Å². The Kier molecular flexibility index (Phi) is 6.36. The van der Waals surface area contributed by atoms with E-state index < -0.39 is 5.97 Å². The molecule has 0 saturated carbocycles. The van der Waals surface area contributed by atoms with E-state index in [4.69, 9.17) is 16.7 Å². The van der Waals surface area contributed by atoms with Gasteiger partial charge in [-0.3, -0.25) is 9.59 Å². The molecule has 1 aromatic carbocycles. The van der Waals surface area contributed by atoms with Gasteiger partial charge in [0.15, 0.2) is 0 Å². The fraction of sp³-hybridized carbons (Fsp3) is 0.429. The van der Waals surface area contributed by atoms with Crippen LogP contribution in [0.5, 0.6) is 0 Å². The van der Waals surface area contributed by atoms with Crippen LogP contribution in [0.4, 0.5) is 0 Å². The van der Waals surface area contributed by atoms with Crippen LogP contribution in [0.15, 0.2) is 24.3 Å². The van der Waals surface area contributed by atoms with Gasteiger partial charge in [0, 0.05) is 17.5 Å². The molecular formula is C14H18ClNO3. The van der Waals surface area contributed by atoms with Crippen LogP contribution in [0.1, 0.15) is 31.7 Å². The van der Waals surface area contributed by atoms with E-state index in [0.29, 0.717) is 24.3 Å². The van der Waals surface area contributed by atoms with Crippen molar-refractivity contribution in [2.45, 2.75) is 38.6 Å². The fourth-order valence-corrected chi connectivity index (χ4v) is 1.99. The maximum atomic E-state index is 11.7. The minimum Gasteiger partial charge on any atom is -0.481 e. The second kappa shape index (κ2) is 7.79. The number of aryl methyl sites for hydroxylation is 1. The first-order valence-electron chi connectivity index (χ1n) is 6.27. The summed E-state index contributed by atoms with van der Waals surface area (Å²) in [7, 11) is 0. The van der Waals surface area contributed by atoms with Crippen LogP contribution in [0.2, 0.25) is 5.02 Å². The molecule has 0 bridgehead atoms. The van der Waals surface area contributed by atoms with E-state index in [9.17, 15) is 9.59 Å². The number of hydrogen-bond donors (Lipinski definition) is 2. The molecule has 0 heterocycles. The lowest BCUT2D eigenvalue weighted by Gasteiger charge is -2.14. The number of carboxylic acid groups (broad SMARTS) is 1. The maximum Gasteiger partial charge on any atom is 0.305 e. The molecule has 0 aliphatic carbocycles. The largest absolute Gasteiger partial charge is 0.481 e. The van der Waals surface area contributed by atoms with E-state index in [-0.39, 0.29) is 18.4 Å². The van der Waals surface area contributed by atoms with Crippen LogP contribution in [0, 0.1) is 0 Å². The average Bonchev–Trinajstić information content (AvgIpc) is 2.36. The van der Waals surface area contributed by atoms with Crippen molar-refractivity contribution < 1.29 is 14.7 Å². The molecule has 2 N–H and O–H groups in total. The molecule has 0 aliphatic heterocycles. The van der Waals surface area contributed by atoms with Crippen LogP contribution < -0.4 is 5.32 Å². The number of carbonyl (C=O) groups is 2. The first-order valence-corrected chi connectivity index (χ1v) is 6.65. The van der Waals surface area contributed by atoms with Crippen LogP contribution in [0.3, 0.4) is 0 Å². The molecule has 0 fully saturated rings. The van der Waals surface area contributed by atoms with E-state index in [1.54, 1.807) is 6.07 Å². The van der Waals surface area contributed by atoms with Crippen LogP contribution >= 0.6 is 11.6 Å². The van der Waals surface area contributed by atoms with Crippen LogP contribution in [0.25, 0.3) is 0 Å². The zero-order chi connectivity index (χ0) is 14.3. The van der Waals surface area contributed by atoms with Crippen molar-refractivity contribution in [1.29, 1.82) is 0 Å². The van der Waals surface area contributed by atoms with E-state index >= 15 is 0 Å². The lowest BCUT2D eigenvalue weighted by Crippen LogP contribution is -2.36. The summed E-state index contributed by atoms with van der Waals surface area (Å²) in [5.41, 5.74) is 0.922. The highest BCUT2D eigenvalue weighted by Gasteiger charge is 2.14. The Bertz CT molecular complexity index is 448. The molecular weight excluding hydrogens is 266 g/mol. The van der Waals surface area contributed by atoms with E-state index in [2.05, 4.69) is 5.32 Å². The third-order valence-electron chi connectivity index (χ3n) is 2.86. The second-order valence-corrected chi connectivity index (χ2v) is 4.77. The first kappa shape index (κ1) is 15.5. The van der Waals surface area contributed by atoms with Gasteiger partial charge in [0.05, 0.1) is 6.42 Å². The molecule has 19 heavy (non-hydrogen) atoms. The number of halogens is 1. The lowest BCUT2D eigenvalue weighted by atomic mass is 10.1. The molecule has 1 atom stereocenters. The topological polar surface area (TPSA) is 66.4 Å². The number of carbonyl (C=O) groups excluding carboxylic acids is 1. The molecule has 1 rings (SSSR count). The molecule has 1 amide bonds. The molecule has 0 saturated heterocycles. The molecule has 0 aliphatic rings. The summed E-state index contributed by atoms with van der Waals surface area (Å²) in [6, 6.07) is 7.07. The van der Waals surface area contributed by atoms with E-state index in [1.807, 2.05) is 25.1 Å². The summed E-state index contributed by atoms with van der Waals surface area (Å²) in [4.78, 5) is 22.3. The zero-order valence-electron chi connectivity index (χ0n) is 10.9. The predicted molar refractivity (Wildman–Crippen MR) is 74.2 cm³/mol. The molecule has 5 heteroatoms. The number of carboxylic acids is 1. The molecule has 1 unspecified atom stereocenters. The summed E-state index contributed by atoms with van der Waals surface area (Å²) in [6.45, 7) is 1.85. The molecule has 4 nitrogen and oxygen atoms in total. The Hall–Kier alpha value is -1.55. The van der Waals surface area contributed by atoms with Crippen molar-refractivity contribution in [1.82, 2.24) is 5.32 Å². The first-order chi connectivity index (χ1) is 9.02. The zero-order valence-corrected chi connectivity index (χ0v) is 11.6. The molecule has 104 valence electrons. The highest BCUT2D eigenvalue weighted by Crippen LogP contribution is 2.16.